The van der Waals surface area contributed by atoms with Gasteiger partial charge in [0, 0.05) is 11.6 Å². The van der Waals surface area contributed by atoms with E-state index in [1.54, 1.807) is 26.4 Å². The van der Waals surface area contributed by atoms with Crippen LogP contribution in [-0.2, 0) is 11.3 Å². The van der Waals surface area contributed by atoms with Crippen molar-refractivity contribution >= 4 is 5.90 Å². The van der Waals surface area contributed by atoms with Gasteiger partial charge in [-0.1, -0.05) is 24.3 Å². The molecule has 2 rings (SSSR count). The van der Waals surface area contributed by atoms with Crippen molar-refractivity contribution in [3.63, 3.8) is 0 Å². The Hall–Kier alpha value is -2.47. The topological polar surface area (TPSA) is 30.8 Å². The third-order valence-electron chi connectivity index (χ3n) is 2.66. The van der Waals surface area contributed by atoms with Crippen molar-refractivity contribution in [3.8, 4) is 5.75 Å². The second-order valence-electron chi connectivity index (χ2n) is 3.90. The van der Waals surface area contributed by atoms with E-state index in [-0.39, 0.29) is 0 Å². The van der Waals surface area contributed by atoms with E-state index in [1.165, 1.54) is 0 Å². The van der Waals surface area contributed by atoms with Crippen LogP contribution in [0.1, 0.15) is 11.1 Å². The molecule has 0 saturated carbocycles. The Morgan fingerprint density at radius 2 is 1.89 bits per heavy atom. The molecule has 0 N–H and O–H groups in total. The largest absolute Gasteiger partial charge is 0.497 e. The zero-order chi connectivity index (χ0) is 13.5. The molecule has 0 radical (unpaired) electrons. The van der Waals surface area contributed by atoms with Crippen molar-refractivity contribution in [2.24, 2.45) is 4.99 Å². The van der Waals surface area contributed by atoms with E-state index >= 15 is 0 Å². The number of aliphatic imine (C=N–C) groups is 1. The van der Waals surface area contributed by atoms with Crippen molar-refractivity contribution < 1.29 is 9.47 Å². The number of methoxy groups -OCH3 is 2. The highest BCUT2D eigenvalue weighted by Crippen LogP contribution is 2.12. The van der Waals surface area contributed by atoms with Crippen molar-refractivity contribution in [2.45, 2.75) is 6.54 Å². The van der Waals surface area contributed by atoms with Crippen LogP contribution in [0.25, 0.3) is 0 Å². The first-order chi connectivity index (χ1) is 9.33. The average Bonchev–Trinajstić information content (AvgIpc) is 2.49. The molecule has 0 amide bonds. The average molecular weight is 253 g/mol. The summed E-state index contributed by atoms with van der Waals surface area (Å²) >= 11 is 0. The first-order valence-electron chi connectivity index (χ1n) is 5.93. The van der Waals surface area contributed by atoms with Crippen LogP contribution in [0.5, 0.6) is 5.75 Å². The van der Waals surface area contributed by atoms with Crippen molar-refractivity contribution in [1.29, 1.82) is 0 Å². The molecule has 2 aromatic carbocycles. The lowest BCUT2D eigenvalue weighted by Crippen LogP contribution is -2.03. The van der Waals surface area contributed by atoms with Crippen LogP contribution >= 0.6 is 0 Å². The Kier molecular flexibility index (Phi) is 4.41. The minimum absolute atomic E-state index is 0.561. The molecule has 0 unspecified atom stereocenters. The molecule has 0 aliphatic carbocycles. The number of rotatable bonds is 4. The Labute approximate surface area is 113 Å². The number of hydrogen-bond donors (Lipinski definition) is 0. The van der Waals surface area contributed by atoms with Crippen LogP contribution in [0.2, 0.25) is 0 Å². The van der Waals surface area contributed by atoms with E-state index in [4.69, 9.17) is 9.47 Å². The lowest BCUT2D eigenvalue weighted by Gasteiger charge is -2.05. The van der Waals surface area contributed by atoms with E-state index in [2.05, 4.69) is 17.1 Å². The zero-order valence-corrected chi connectivity index (χ0v) is 11.0. The summed E-state index contributed by atoms with van der Waals surface area (Å²) < 4.78 is 10.4. The van der Waals surface area contributed by atoms with E-state index in [0.717, 1.165) is 16.9 Å². The molecule has 3 heteroatoms. The SMILES string of the molecule is COC(=NCc1ccc(OC)cc1)c1cc#ccc1. The number of ether oxygens (including phenoxy) is 2. The van der Waals surface area contributed by atoms with Crippen LogP contribution in [0.4, 0.5) is 0 Å². The summed E-state index contributed by atoms with van der Waals surface area (Å²) in [5.74, 6) is 1.44. The monoisotopic (exact) mass is 253 g/mol. The van der Waals surface area contributed by atoms with Crippen LogP contribution in [0.15, 0.2) is 47.5 Å². The smallest absolute Gasteiger partial charge is 0.216 e. The maximum Gasteiger partial charge on any atom is 0.216 e. The van der Waals surface area contributed by atoms with Gasteiger partial charge in [-0.15, -0.1) is 0 Å². The molecule has 0 saturated heterocycles. The lowest BCUT2D eigenvalue weighted by atomic mass is 10.2. The maximum atomic E-state index is 5.29. The van der Waals surface area contributed by atoms with Gasteiger partial charge in [0.1, 0.15) is 5.75 Å². The molecule has 0 heterocycles. The van der Waals surface area contributed by atoms with E-state index in [9.17, 15) is 0 Å². The Balaban J connectivity index is 2.11. The zero-order valence-electron chi connectivity index (χ0n) is 11.0. The number of benzene rings is 1. The van der Waals surface area contributed by atoms with Gasteiger partial charge in [0.25, 0.3) is 0 Å². The molecule has 2 aromatic rings. The highest BCUT2D eigenvalue weighted by molar-refractivity contribution is 5.93. The predicted molar refractivity (Wildman–Crippen MR) is 74.4 cm³/mol. The Morgan fingerprint density at radius 3 is 2.47 bits per heavy atom. The molecule has 0 spiro atoms. The predicted octanol–water partition coefficient (Wildman–Crippen LogP) is 2.89. The molecular formula is C16H15NO2. The molecule has 19 heavy (non-hydrogen) atoms. The summed E-state index contributed by atoms with van der Waals surface area (Å²) in [5, 5.41) is 0. The normalized spacial score (nSPS) is 10.7. The van der Waals surface area contributed by atoms with Gasteiger partial charge in [-0.2, -0.15) is 0 Å². The fourth-order valence-corrected chi connectivity index (χ4v) is 1.65. The van der Waals surface area contributed by atoms with Crippen LogP contribution in [0.3, 0.4) is 0 Å². The second kappa shape index (κ2) is 6.46. The third-order valence-corrected chi connectivity index (χ3v) is 2.66. The van der Waals surface area contributed by atoms with Gasteiger partial charge in [-0.3, -0.25) is 0 Å². The fourth-order valence-electron chi connectivity index (χ4n) is 1.65. The standard InChI is InChI=1S/C16H15NO2/c1-18-15-10-8-13(9-11-15)12-17-16(19-2)14-6-4-3-5-7-14/h4,6-11H,12H2,1-2H3. The minimum atomic E-state index is 0.561. The van der Waals surface area contributed by atoms with Crippen LogP contribution in [0, 0.1) is 12.1 Å². The van der Waals surface area contributed by atoms with Gasteiger partial charge in [0.15, 0.2) is 0 Å². The molecule has 0 aliphatic heterocycles. The van der Waals surface area contributed by atoms with Crippen LogP contribution < -0.4 is 4.74 Å². The lowest BCUT2D eigenvalue weighted by molar-refractivity contribution is 0.402. The summed E-state index contributed by atoms with van der Waals surface area (Å²) in [4.78, 5) is 4.46. The molecular weight excluding hydrogens is 238 g/mol. The molecule has 96 valence electrons. The first-order valence-corrected chi connectivity index (χ1v) is 5.93. The molecule has 0 bridgehead atoms. The summed E-state index contributed by atoms with van der Waals surface area (Å²) in [6.07, 6.45) is 0. The third kappa shape index (κ3) is 3.49. The summed E-state index contributed by atoms with van der Waals surface area (Å²) in [6, 6.07) is 19.0. The van der Waals surface area contributed by atoms with Gasteiger partial charge in [-0.25, -0.2) is 4.99 Å². The van der Waals surface area contributed by atoms with Crippen molar-refractivity contribution in [3.05, 3.63) is 65.7 Å². The first kappa shape index (κ1) is 13.0. The molecule has 3 nitrogen and oxygen atoms in total. The second-order valence-corrected chi connectivity index (χ2v) is 3.90. The van der Waals surface area contributed by atoms with Gasteiger partial charge >= 0.3 is 0 Å². The van der Waals surface area contributed by atoms with E-state index in [1.807, 2.05) is 30.3 Å². The van der Waals surface area contributed by atoms with Gasteiger partial charge in [-0.05, 0) is 29.8 Å². The van der Waals surface area contributed by atoms with Gasteiger partial charge < -0.3 is 9.47 Å². The van der Waals surface area contributed by atoms with Gasteiger partial charge in [0.2, 0.25) is 5.90 Å². The number of nitrogens with zero attached hydrogens (tertiary/aromatic N) is 1. The molecule has 0 atom stereocenters. The van der Waals surface area contributed by atoms with Gasteiger partial charge in [0.05, 0.1) is 20.8 Å². The highest BCUT2D eigenvalue weighted by Gasteiger charge is 2.02. The molecule has 0 aromatic heterocycles. The molecule has 0 fully saturated rings. The Morgan fingerprint density at radius 1 is 1.11 bits per heavy atom. The number of hydrogen-bond acceptors (Lipinski definition) is 3. The summed E-state index contributed by atoms with van der Waals surface area (Å²) in [7, 11) is 3.27. The van der Waals surface area contributed by atoms with E-state index < -0.39 is 0 Å². The van der Waals surface area contributed by atoms with Crippen molar-refractivity contribution in [2.75, 3.05) is 14.2 Å². The molecule has 0 aliphatic rings. The summed E-state index contributed by atoms with van der Waals surface area (Å²) in [5.41, 5.74) is 2.00. The fraction of sp³-hybridized carbons (Fsp3) is 0.188. The van der Waals surface area contributed by atoms with E-state index in [0.29, 0.717) is 12.4 Å². The minimum Gasteiger partial charge on any atom is -0.497 e. The van der Waals surface area contributed by atoms with Crippen molar-refractivity contribution in [1.82, 2.24) is 0 Å². The highest BCUT2D eigenvalue weighted by atomic mass is 16.5. The summed E-state index contributed by atoms with van der Waals surface area (Å²) in [6.45, 7) is 0.561. The van der Waals surface area contributed by atoms with Crippen LogP contribution in [-0.4, -0.2) is 20.1 Å². The maximum absolute atomic E-state index is 5.29. The quantitative estimate of drug-likeness (QED) is 0.619. The Bertz CT molecular complexity index is 532.